The number of aromatic amines is 2. The summed E-state index contributed by atoms with van der Waals surface area (Å²) in [6.45, 7) is 0. The van der Waals surface area contributed by atoms with Crippen LogP contribution in [0.3, 0.4) is 0 Å². The summed E-state index contributed by atoms with van der Waals surface area (Å²) in [6.07, 6.45) is 1.36. The molecule has 0 radical (unpaired) electrons. The number of hydrogen-bond donors (Lipinski definition) is 2. The zero-order valence-electron chi connectivity index (χ0n) is 16.1. The maximum Gasteiger partial charge on any atom is 0.349 e. The van der Waals surface area contributed by atoms with Crippen molar-refractivity contribution in [3.05, 3.63) is 99.9 Å². The van der Waals surface area contributed by atoms with E-state index in [-0.39, 0.29) is 33.0 Å². The first-order valence-corrected chi connectivity index (χ1v) is 9.63. The standard InChI is InChI=1S/C19H9Cl2N7O5/c20-11-5-10(28-19(32)24-18(31)13(8-22)25-28)6-12(21)17(11)33-15-1-2-16(30)27(26-15)9-3-4-23-14(29)7-9/h1-7H,(H,23,29)(H,24,31,32). The Morgan fingerprint density at radius 2 is 1.67 bits per heavy atom. The van der Waals surface area contributed by atoms with Crippen LogP contribution in [0.2, 0.25) is 10.0 Å². The van der Waals surface area contributed by atoms with Crippen molar-refractivity contribution in [2.45, 2.75) is 0 Å². The highest BCUT2D eigenvalue weighted by Crippen LogP contribution is 2.37. The summed E-state index contributed by atoms with van der Waals surface area (Å²) >= 11 is 12.5. The van der Waals surface area contributed by atoms with E-state index in [0.29, 0.717) is 0 Å². The van der Waals surface area contributed by atoms with Crippen LogP contribution in [0.1, 0.15) is 5.69 Å². The highest BCUT2D eigenvalue weighted by Gasteiger charge is 2.16. The molecule has 0 fully saturated rings. The normalized spacial score (nSPS) is 10.6. The third-order valence-electron chi connectivity index (χ3n) is 4.15. The Balaban J connectivity index is 1.74. The van der Waals surface area contributed by atoms with Gasteiger partial charge in [0.05, 0.1) is 21.4 Å². The SMILES string of the molecule is N#Cc1nn(-c2cc(Cl)c(Oc3ccc(=O)n(-c4cc[nH]c(=O)c4)n3)c(Cl)c2)c(=O)[nH]c1=O. The molecule has 33 heavy (non-hydrogen) atoms. The molecule has 3 heterocycles. The monoisotopic (exact) mass is 485 g/mol. The first kappa shape index (κ1) is 21.8. The third kappa shape index (κ3) is 4.31. The Hall–Kier alpha value is -4.47. The van der Waals surface area contributed by atoms with Crippen LogP contribution < -0.4 is 27.1 Å². The quantitative estimate of drug-likeness (QED) is 0.433. The molecule has 12 nitrogen and oxygen atoms in total. The molecule has 0 atom stereocenters. The van der Waals surface area contributed by atoms with Gasteiger partial charge in [0.25, 0.3) is 11.1 Å². The minimum Gasteiger partial charge on any atom is -0.434 e. The minimum absolute atomic E-state index is 0.0522. The second-order valence-electron chi connectivity index (χ2n) is 6.30. The fourth-order valence-corrected chi connectivity index (χ4v) is 3.27. The van der Waals surface area contributed by atoms with E-state index in [0.717, 1.165) is 9.36 Å². The lowest BCUT2D eigenvalue weighted by atomic mass is 10.3. The molecule has 3 aromatic heterocycles. The van der Waals surface area contributed by atoms with Crippen LogP contribution in [0.5, 0.6) is 11.6 Å². The second kappa shape index (κ2) is 8.58. The molecule has 4 rings (SSSR count). The number of halogens is 2. The summed E-state index contributed by atoms with van der Waals surface area (Å²) in [6, 6.07) is 9.20. The van der Waals surface area contributed by atoms with Crippen LogP contribution in [0, 0.1) is 11.3 Å². The van der Waals surface area contributed by atoms with Gasteiger partial charge in [-0.25, -0.2) is 4.79 Å². The molecule has 0 aliphatic carbocycles. The topological polar surface area (TPSA) is 169 Å². The van der Waals surface area contributed by atoms with E-state index in [1.807, 2.05) is 4.98 Å². The summed E-state index contributed by atoms with van der Waals surface area (Å²) in [4.78, 5) is 51.7. The summed E-state index contributed by atoms with van der Waals surface area (Å²) in [5.41, 5.74) is -3.07. The molecule has 0 bridgehead atoms. The lowest BCUT2D eigenvalue weighted by Crippen LogP contribution is -2.33. The number of ether oxygens (including phenoxy) is 1. The van der Waals surface area contributed by atoms with Crippen molar-refractivity contribution >= 4 is 23.2 Å². The van der Waals surface area contributed by atoms with Gasteiger partial charge in [-0.3, -0.25) is 19.4 Å². The van der Waals surface area contributed by atoms with Gasteiger partial charge in [0.15, 0.2) is 5.75 Å². The Bertz CT molecular complexity index is 1660. The summed E-state index contributed by atoms with van der Waals surface area (Å²) < 4.78 is 7.33. The van der Waals surface area contributed by atoms with Crippen LogP contribution in [-0.4, -0.2) is 29.5 Å². The van der Waals surface area contributed by atoms with E-state index in [1.165, 1.54) is 42.6 Å². The van der Waals surface area contributed by atoms with Gasteiger partial charge < -0.3 is 9.72 Å². The number of aromatic nitrogens is 6. The molecular weight excluding hydrogens is 477 g/mol. The van der Waals surface area contributed by atoms with Crippen molar-refractivity contribution in [3.8, 4) is 29.1 Å². The average Bonchev–Trinajstić information content (AvgIpc) is 2.77. The second-order valence-corrected chi connectivity index (χ2v) is 7.12. The Labute approximate surface area is 191 Å². The molecular formula is C19H9Cl2N7O5. The van der Waals surface area contributed by atoms with E-state index < -0.39 is 28.1 Å². The first-order valence-electron chi connectivity index (χ1n) is 8.87. The van der Waals surface area contributed by atoms with Gasteiger partial charge in [0, 0.05) is 24.4 Å². The van der Waals surface area contributed by atoms with E-state index >= 15 is 0 Å². The van der Waals surface area contributed by atoms with Crippen LogP contribution in [0.15, 0.2) is 61.8 Å². The number of hydrogen-bond acceptors (Lipinski definition) is 8. The Kier molecular flexibility index (Phi) is 5.65. The molecule has 0 saturated heterocycles. The minimum atomic E-state index is -0.933. The molecule has 1 aromatic carbocycles. The summed E-state index contributed by atoms with van der Waals surface area (Å²) in [7, 11) is 0. The number of H-pyrrole nitrogens is 2. The van der Waals surface area contributed by atoms with Crippen molar-refractivity contribution in [2.75, 3.05) is 0 Å². The number of rotatable bonds is 4. The predicted molar refractivity (Wildman–Crippen MR) is 116 cm³/mol. The lowest BCUT2D eigenvalue weighted by Gasteiger charge is -2.12. The van der Waals surface area contributed by atoms with E-state index in [9.17, 15) is 19.2 Å². The number of benzene rings is 1. The molecule has 0 amide bonds. The van der Waals surface area contributed by atoms with Gasteiger partial charge >= 0.3 is 5.69 Å². The van der Waals surface area contributed by atoms with Crippen molar-refractivity contribution in [2.24, 2.45) is 0 Å². The average molecular weight is 486 g/mol. The highest BCUT2D eigenvalue weighted by atomic mass is 35.5. The van der Waals surface area contributed by atoms with Gasteiger partial charge in [-0.2, -0.15) is 14.6 Å². The largest absolute Gasteiger partial charge is 0.434 e. The van der Waals surface area contributed by atoms with Crippen LogP contribution in [0.25, 0.3) is 11.4 Å². The van der Waals surface area contributed by atoms with Crippen molar-refractivity contribution in [3.63, 3.8) is 0 Å². The molecule has 0 unspecified atom stereocenters. The molecule has 0 saturated carbocycles. The summed E-state index contributed by atoms with van der Waals surface area (Å²) in [5.74, 6) is -0.124. The van der Waals surface area contributed by atoms with Gasteiger partial charge in [0.2, 0.25) is 17.1 Å². The van der Waals surface area contributed by atoms with E-state index in [2.05, 4.69) is 15.2 Å². The number of nitrogens with one attached hydrogen (secondary N) is 2. The van der Waals surface area contributed by atoms with Crippen LogP contribution in [-0.2, 0) is 0 Å². The first-order chi connectivity index (χ1) is 15.8. The van der Waals surface area contributed by atoms with Crippen LogP contribution in [0.4, 0.5) is 0 Å². The molecule has 0 aliphatic heterocycles. The smallest absolute Gasteiger partial charge is 0.349 e. The van der Waals surface area contributed by atoms with Crippen molar-refractivity contribution < 1.29 is 4.74 Å². The fraction of sp³-hybridized carbons (Fsp3) is 0. The molecule has 4 aromatic rings. The molecule has 0 spiro atoms. The van der Waals surface area contributed by atoms with Gasteiger partial charge in [-0.05, 0) is 18.2 Å². The maximum atomic E-state index is 12.2. The predicted octanol–water partition coefficient (Wildman–Crippen LogP) is 1.13. The zero-order valence-corrected chi connectivity index (χ0v) is 17.6. The Morgan fingerprint density at radius 1 is 0.939 bits per heavy atom. The highest BCUT2D eigenvalue weighted by molar-refractivity contribution is 6.37. The van der Waals surface area contributed by atoms with Crippen molar-refractivity contribution in [1.29, 1.82) is 5.26 Å². The molecule has 0 aliphatic rings. The van der Waals surface area contributed by atoms with Crippen molar-refractivity contribution in [1.82, 2.24) is 29.5 Å². The van der Waals surface area contributed by atoms with E-state index in [4.69, 9.17) is 33.2 Å². The number of nitrogens with zero attached hydrogens (tertiary/aromatic N) is 5. The molecule has 14 heteroatoms. The summed E-state index contributed by atoms with van der Waals surface area (Å²) in [5, 5.41) is 16.6. The van der Waals surface area contributed by atoms with E-state index in [1.54, 1.807) is 6.07 Å². The van der Waals surface area contributed by atoms with Gasteiger partial charge in [0.1, 0.15) is 6.07 Å². The number of nitriles is 1. The molecule has 2 N–H and O–H groups in total. The third-order valence-corrected chi connectivity index (χ3v) is 4.71. The Morgan fingerprint density at radius 3 is 2.33 bits per heavy atom. The lowest BCUT2D eigenvalue weighted by molar-refractivity contribution is 0.447. The maximum absolute atomic E-state index is 12.2. The number of pyridine rings is 1. The van der Waals surface area contributed by atoms with Gasteiger partial charge in [-0.1, -0.05) is 23.2 Å². The van der Waals surface area contributed by atoms with Crippen LogP contribution >= 0.6 is 23.2 Å². The van der Waals surface area contributed by atoms with Gasteiger partial charge in [-0.15, -0.1) is 10.2 Å². The zero-order chi connectivity index (χ0) is 23.7. The fourth-order valence-electron chi connectivity index (χ4n) is 2.72. The molecule has 164 valence electrons.